The first-order valence-electron chi connectivity index (χ1n) is 2.74. The molecule has 0 bridgehead atoms. The Balaban J connectivity index is 2.78. The smallest absolute Gasteiger partial charge is 0.183 e. The second-order valence-corrected chi connectivity index (χ2v) is 1.43. The van der Waals surface area contributed by atoms with Crippen LogP contribution in [0.2, 0.25) is 0 Å². The van der Waals surface area contributed by atoms with E-state index in [0.717, 1.165) is 12.8 Å². The third-order valence-electron chi connectivity index (χ3n) is 0.670. The zero-order valence-electron chi connectivity index (χ0n) is 5.07. The maximum absolute atomic E-state index is 3.10. The van der Waals surface area contributed by atoms with Crippen molar-refractivity contribution in [3.05, 3.63) is 18.6 Å². The van der Waals surface area contributed by atoms with Gasteiger partial charge in [0.25, 0.3) is 0 Å². The maximum atomic E-state index is 3.10. The molecule has 0 heterocycles. The lowest BCUT2D eigenvalue weighted by molar-refractivity contribution is 1.13. The fourth-order valence-corrected chi connectivity index (χ4v) is 0.346. The van der Waals surface area contributed by atoms with E-state index in [2.05, 4.69) is 25.5 Å². The molecule has 0 aromatic heterocycles. The molecule has 40 valence electrons. The summed E-state index contributed by atoms with van der Waals surface area (Å²) in [7, 11) is 0. The molecule has 0 aliphatic rings. The van der Waals surface area contributed by atoms with Crippen LogP contribution in [-0.2, 0) is 0 Å². The van der Waals surface area contributed by atoms with Crippen LogP contribution in [0.1, 0.15) is 26.7 Å². The van der Waals surface area contributed by atoms with Gasteiger partial charge in [0.2, 0.25) is 0 Å². The first-order valence-corrected chi connectivity index (χ1v) is 2.74. The van der Waals surface area contributed by atoms with Crippen molar-refractivity contribution in [2.24, 2.45) is 0 Å². The van der Waals surface area contributed by atoms with Crippen molar-refractivity contribution in [1.82, 2.24) is 0 Å². The minimum atomic E-state index is 0.994. The SMILES string of the molecule is C[CH-]C[C+]=CCC. The normalized spacial score (nSPS) is 9.43. The summed E-state index contributed by atoms with van der Waals surface area (Å²) in [6.45, 7) is 4.15. The summed E-state index contributed by atoms with van der Waals surface area (Å²) < 4.78 is 0. The standard InChI is InChI=1S/C7H12/c1-3-5-7-6-4-2/h3,6H,4-5H2,1-2H3. The monoisotopic (exact) mass is 96.1 g/mol. The lowest BCUT2D eigenvalue weighted by atomic mass is 10.3. The molecule has 0 saturated carbocycles. The van der Waals surface area contributed by atoms with E-state index in [9.17, 15) is 0 Å². The maximum Gasteiger partial charge on any atom is 0.183 e. The van der Waals surface area contributed by atoms with Crippen molar-refractivity contribution in [2.45, 2.75) is 26.7 Å². The molecule has 0 atom stereocenters. The zero-order chi connectivity index (χ0) is 5.54. The van der Waals surface area contributed by atoms with E-state index < -0.39 is 0 Å². The second kappa shape index (κ2) is 5.65. The van der Waals surface area contributed by atoms with E-state index in [1.54, 1.807) is 0 Å². The highest BCUT2D eigenvalue weighted by atomic mass is 13.7. The van der Waals surface area contributed by atoms with Crippen molar-refractivity contribution >= 4 is 0 Å². The minimum Gasteiger partial charge on any atom is -0.277 e. The van der Waals surface area contributed by atoms with Crippen LogP contribution in [0.15, 0.2) is 6.08 Å². The Morgan fingerprint density at radius 1 is 1.71 bits per heavy atom. The largest absolute Gasteiger partial charge is 0.277 e. The second-order valence-electron chi connectivity index (χ2n) is 1.43. The van der Waals surface area contributed by atoms with Gasteiger partial charge in [-0.2, -0.15) is 6.92 Å². The molecule has 0 amide bonds. The summed E-state index contributed by atoms with van der Waals surface area (Å²) in [4.78, 5) is 0. The predicted octanol–water partition coefficient (Wildman–Crippen LogP) is 2.37. The third-order valence-corrected chi connectivity index (χ3v) is 0.670. The molecule has 0 aromatic carbocycles. The fourth-order valence-electron chi connectivity index (χ4n) is 0.346. The van der Waals surface area contributed by atoms with E-state index in [4.69, 9.17) is 0 Å². The molecule has 0 aromatic rings. The van der Waals surface area contributed by atoms with E-state index >= 15 is 0 Å². The summed E-state index contributed by atoms with van der Waals surface area (Å²) in [6.07, 6.45) is 9.35. The Kier molecular flexibility index (Phi) is 5.37. The third kappa shape index (κ3) is 5.65. The number of hydrogen-bond acceptors (Lipinski definition) is 0. The van der Waals surface area contributed by atoms with Gasteiger partial charge in [-0.25, -0.2) is 0 Å². The average Bonchev–Trinajstić information content (AvgIpc) is 1.69. The fraction of sp³-hybridized carbons (Fsp3) is 0.571. The average molecular weight is 96.2 g/mol. The van der Waals surface area contributed by atoms with Crippen LogP contribution in [0.5, 0.6) is 0 Å². The molecular weight excluding hydrogens is 84.1 g/mol. The van der Waals surface area contributed by atoms with Gasteiger partial charge in [-0.15, -0.1) is 0 Å². The van der Waals surface area contributed by atoms with Crippen LogP contribution in [0.4, 0.5) is 0 Å². The minimum absolute atomic E-state index is 0.994. The van der Waals surface area contributed by atoms with Gasteiger partial charge in [-0.05, 0) is 0 Å². The summed E-state index contributed by atoms with van der Waals surface area (Å²) in [5.74, 6) is 0. The lowest BCUT2D eigenvalue weighted by Crippen LogP contribution is -1.61. The molecule has 0 aliphatic carbocycles. The number of allylic oxidation sites excluding steroid dienone is 2. The van der Waals surface area contributed by atoms with Gasteiger partial charge in [0.05, 0.1) is 0 Å². The highest BCUT2D eigenvalue weighted by molar-refractivity contribution is 4.75. The molecule has 0 fully saturated rings. The van der Waals surface area contributed by atoms with Crippen molar-refractivity contribution in [3.8, 4) is 0 Å². The van der Waals surface area contributed by atoms with Crippen molar-refractivity contribution < 1.29 is 0 Å². The molecule has 0 N–H and O–H groups in total. The lowest BCUT2D eigenvalue weighted by Gasteiger charge is -1.77. The molecule has 0 saturated heterocycles. The van der Waals surface area contributed by atoms with Gasteiger partial charge < -0.3 is 0 Å². The summed E-state index contributed by atoms with van der Waals surface area (Å²) >= 11 is 0. The molecule has 7 heavy (non-hydrogen) atoms. The first kappa shape index (κ1) is 6.65. The highest BCUT2D eigenvalue weighted by Crippen LogP contribution is 1.86. The van der Waals surface area contributed by atoms with E-state index in [1.807, 2.05) is 6.92 Å². The van der Waals surface area contributed by atoms with Gasteiger partial charge in [0.1, 0.15) is 6.08 Å². The zero-order valence-corrected chi connectivity index (χ0v) is 5.07. The Bertz CT molecular complexity index is 44.0. The number of hydrogen-bond donors (Lipinski definition) is 0. The van der Waals surface area contributed by atoms with E-state index in [1.165, 1.54) is 0 Å². The molecule has 0 unspecified atom stereocenters. The Morgan fingerprint density at radius 2 is 2.43 bits per heavy atom. The molecular formula is C7H12. The number of rotatable bonds is 3. The van der Waals surface area contributed by atoms with Crippen LogP contribution in [0.25, 0.3) is 0 Å². The predicted molar refractivity (Wildman–Crippen MR) is 32.7 cm³/mol. The molecule has 0 radical (unpaired) electrons. The van der Waals surface area contributed by atoms with Crippen LogP contribution < -0.4 is 0 Å². The Morgan fingerprint density at radius 3 is 2.86 bits per heavy atom. The van der Waals surface area contributed by atoms with Gasteiger partial charge >= 0.3 is 0 Å². The van der Waals surface area contributed by atoms with Crippen LogP contribution in [-0.4, -0.2) is 0 Å². The Labute approximate surface area is 46.2 Å². The van der Waals surface area contributed by atoms with Crippen LogP contribution in [0, 0.1) is 12.5 Å². The molecule has 0 heteroatoms. The summed E-state index contributed by atoms with van der Waals surface area (Å²) in [5, 5.41) is 0. The van der Waals surface area contributed by atoms with E-state index in [-0.39, 0.29) is 0 Å². The van der Waals surface area contributed by atoms with Gasteiger partial charge in [0, 0.05) is 12.8 Å². The molecule has 0 rings (SSSR count). The van der Waals surface area contributed by atoms with Gasteiger partial charge in [0.15, 0.2) is 6.08 Å². The summed E-state index contributed by atoms with van der Waals surface area (Å²) in [6, 6.07) is 0. The highest BCUT2D eigenvalue weighted by Gasteiger charge is 1.77. The Hall–Kier alpha value is -0.350. The molecule has 0 spiro atoms. The van der Waals surface area contributed by atoms with Crippen LogP contribution >= 0.6 is 0 Å². The molecule has 0 nitrogen and oxygen atoms in total. The first-order chi connectivity index (χ1) is 3.41. The van der Waals surface area contributed by atoms with Gasteiger partial charge in [-0.1, -0.05) is 6.92 Å². The molecule has 0 aliphatic heterocycles. The van der Waals surface area contributed by atoms with Crippen LogP contribution in [0.3, 0.4) is 0 Å². The number of unbranched alkanes of at least 4 members (excludes halogenated alkanes) is 1. The van der Waals surface area contributed by atoms with Crippen molar-refractivity contribution in [3.63, 3.8) is 0 Å². The van der Waals surface area contributed by atoms with Gasteiger partial charge in [-0.3, -0.25) is 6.42 Å². The van der Waals surface area contributed by atoms with E-state index in [0.29, 0.717) is 0 Å². The summed E-state index contributed by atoms with van der Waals surface area (Å²) in [5.41, 5.74) is 0. The quantitative estimate of drug-likeness (QED) is 0.473. The topological polar surface area (TPSA) is 0 Å². The van der Waals surface area contributed by atoms with Crippen molar-refractivity contribution in [1.29, 1.82) is 0 Å². The van der Waals surface area contributed by atoms with Crippen molar-refractivity contribution in [2.75, 3.05) is 0 Å².